The van der Waals surface area contributed by atoms with E-state index in [9.17, 15) is 15.2 Å². The highest BCUT2D eigenvalue weighted by Crippen LogP contribution is 2.53. The maximum Gasteiger partial charge on any atom is 0.347 e. The van der Waals surface area contributed by atoms with Gasteiger partial charge >= 0.3 is 5.97 Å². The van der Waals surface area contributed by atoms with Gasteiger partial charge in [-0.3, -0.25) is 0 Å². The summed E-state index contributed by atoms with van der Waals surface area (Å²) in [6.45, 7) is 11.5. The van der Waals surface area contributed by atoms with Crippen LogP contribution in [0.5, 0.6) is 0 Å². The number of carboxylic acid groups (broad SMARTS) is 1. The van der Waals surface area contributed by atoms with Crippen LogP contribution in [0.3, 0.4) is 0 Å². The predicted molar refractivity (Wildman–Crippen MR) is 228 cm³/mol. The molecule has 2 aliphatic rings. The standard InChI is InChI=1S/C50H46N2O2S/c1-6-7-8-9-14-33-28-47(41(31-51)48(53)54)55-46(33)27-32-19-21-34(22-20-32)52(35-23-25-39-37-15-10-12-17-42(37)49(2,3)44(39)29-35)36-24-26-40-38-16-11-13-18-43(38)50(4,5)45(40)30-36/h10-13,15-30H,6-9,14H2,1-5H3,(H,53,54)/b46-27-,47-41+. The van der Waals surface area contributed by atoms with Crippen LogP contribution in [0.4, 0.5) is 17.1 Å². The Labute approximate surface area is 328 Å². The number of nitriles is 1. The number of aliphatic carboxylic acids is 1. The van der Waals surface area contributed by atoms with Gasteiger partial charge in [0.25, 0.3) is 0 Å². The van der Waals surface area contributed by atoms with Crippen molar-refractivity contribution in [2.75, 3.05) is 4.90 Å². The summed E-state index contributed by atoms with van der Waals surface area (Å²) in [6, 6.07) is 43.9. The zero-order chi connectivity index (χ0) is 38.5. The van der Waals surface area contributed by atoms with Crippen LogP contribution in [-0.4, -0.2) is 11.1 Å². The number of hydrogen-bond acceptors (Lipinski definition) is 4. The fraction of sp³-hybridized carbons (Fsp3) is 0.240. The third kappa shape index (κ3) is 6.29. The van der Waals surface area contributed by atoms with Crippen molar-refractivity contribution in [3.63, 3.8) is 0 Å². The van der Waals surface area contributed by atoms with Gasteiger partial charge in [-0.2, -0.15) is 5.26 Å². The Morgan fingerprint density at radius 2 is 1.22 bits per heavy atom. The van der Waals surface area contributed by atoms with Crippen molar-refractivity contribution in [2.45, 2.75) is 77.6 Å². The topological polar surface area (TPSA) is 64.3 Å². The molecule has 1 N–H and O–H groups in total. The lowest BCUT2D eigenvalue weighted by molar-refractivity contribution is -0.130. The van der Waals surface area contributed by atoms with Crippen molar-refractivity contribution in [1.29, 1.82) is 5.26 Å². The van der Waals surface area contributed by atoms with Crippen LogP contribution in [0, 0.1) is 11.3 Å². The summed E-state index contributed by atoms with van der Waals surface area (Å²) in [5, 5.41) is 19.3. The van der Waals surface area contributed by atoms with Crippen molar-refractivity contribution in [3.05, 3.63) is 158 Å². The molecule has 5 heteroatoms. The number of carboxylic acids is 1. The molecule has 1 heterocycles. The molecule has 1 aromatic heterocycles. The van der Waals surface area contributed by atoms with E-state index in [0.29, 0.717) is 4.53 Å². The number of benzene rings is 5. The fourth-order valence-electron chi connectivity index (χ4n) is 8.82. The van der Waals surface area contributed by atoms with Gasteiger partial charge < -0.3 is 10.0 Å². The molecule has 0 radical (unpaired) electrons. The first kappa shape index (κ1) is 36.3. The average molecular weight is 739 g/mol. The second kappa shape index (κ2) is 14.2. The summed E-state index contributed by atoms with van der Waals surface area (Å²) < 4.78 is 1.52. The zero-order valence-corrected chi connectivity index (χ0v) is 33.1. The number of nitrogens with zero attached hydrogens (tertiary/aromatic N) is 2. The van der Waals surface area contributed by atoms with E-state index >= 15 is 0 Å². The predicted octanol–water partition coefficient (Wildman–Crippen LogP) is 11.5. The molecule has 0 unspecified atom stereocenters. The van der Waals surface area contributed by atoms with E-state index in [4.69, 9.17) is 0 Å². The minimum atomic E-state index is -1.19. The van der Waals surface area contributed by atoms with Crippen LogP contribution in [0.25, 0.3) is 33.9 Å². The lowest BCUT2D eigenvalue weighted by Crippen LogP contribution is -2.18. The van der Waals surface area contributed by atoms with Gasteiger partial charge in [0.2, 0.25) is 0 Å². The van der Waals surface area contributed by atoms with Gasteiger partial charge in [0.05, 0.1) is 4.53 Å². The van der Waals surface area contributed by atoms with E-state index in [1.807, 2.05) is 12.1 Å². The largest absolute Gasteiger partial charge is 0.477 e. The summed E-state index contributed by atoms with van der Waals surface area (Å²) >= 11 is 1.39. The Morgan fingerprint density at radius 3 is 1.75 bits per heavy atom. The van der Waals surface area contributed by atoms with Crippen LogP contribution < -0.4 is 14.0 Å². The molecular weight excluding hydrogens is 693 g/mol. The molecule has 6 aromatic rings. The number of fused-ring (bicyclic) bond motifs is 6. The minimum absolute atomic E-state index is 0.134. The van der Waals surface area contributed by atoms with Crippen LogP contribution in [0.1, 0.15) is 93.7 Å². The van der Waals surface area contributed by atoms with Gasteiger partial charge in [-0.15, -0.1) is 11.3 Å². The average Bonchev–Trinajstić information content (AvgIpc) is 3.76. The number of aryl methyl sites for hydroxylation is 1. The maximum absolute atomic E-state index is 11.9. The summed E-state index contributed by atoms with van der Waals surface area (Å²) in [7, 11) is 0. The van der Waals surface area contributed by atoms with Crippen LogP contribution in [0.15, 0.2) is 115 Å². The SMILES string of the molecule is CCCCCCc1c/c(=C(/C#N)C(=O)O)s/c1=C\c1ccc(N(c2ccc3c(c2)C(C)(C)c2ccccc2-3)c2ccc3c(c2)C(C)(C)c2ccccc2-3)cc1. The molecule has 0 amide bonds. The van der Waals surface area contributed by atoms with Crippen LogP contribution in [-0.2, 0) is 22.0 Å². The lowest BCUT2D eigenvalue weighted by atomic mass is 9.82. The van der Waals surface area contributed by atoms with Gasteiger partial charge in [0, 0.05) is 32.4 Å². The summed E-state index contributed by atoms with van der Waals surface area (Å²) in [6.07, 6.45) is 7.46. The molecule has 0 atom stereocenters. The molecule has 0 saturated heterocycles. The highest BCUT2D eigenvalue weighted by atomic mass is 32.1. The molecule has 2 aliphatic carbocycles. The molecule has 0 fully saturated rings. The van der Waals surface area contributed by atoms with Crippen LogP contribution >= 0.6 is 11.3 Å². The molecule has 0 bridgehead atoms. The monoisotopic (exact) mass is 738 g/mol. The maximum atomic E-state index is 11.9. The Bertz CT molecular complexity index is 2530. The molecular formula is C50H46N2O2S. The van der Waals surface area contributed by atoms with Gasteiger partial charge in [-0.25, -0.2) is 4.79 Å². The number of thiophene rings is 1. The highest BCUT2D eigenvalue weighted by Gasteiger charge is 2.37. The van der Waals surface area contributed by atoms with E-state index in [2.05, 4.69) is 155 Å². The van der Waals surface area contributed by atoms with E-state index in [1.54, 1.807) is 0 Å². The van der Waals surface area contributed by atoms with Gasteiger partial charge in [-0.1, -0.05) is 127 Å². The quantitative estimate of drug-likeness (QED) is 0.142. The van der Waals surface area contributed by atoms with E-state index in [-0.39, 0.29) is 16.4 Å². The number of anilines is 3. The van der Waals surface area contributed by atoms with E-state index < -0.39 is 5.97 Å². The first-order valence-electron chi connectivity index (χ1n) is 19.4. The Balaban J connectivity index is 1.24. The molecule has 5 aromatic carbocycles. The second-order valence-electron chi connectivity index (χ2n) is 16.0. The van der Waals surface area contributed by atoms with Crippen molar-refractivity contribution in [1.82, 2.24) is 0 Å². The molecule has 274 valence electrons. The normalized spacial score (nSPS) is 15.1. The Hall–Kier alpha value is -5.70. The first-order valence-corrected chi connectivity index (χ1v) is 20.2. The van der Waals surface area contributed by atoms with Crippen molar-refractivity contribution >= 4 is 46.0 Å². The molecule has 8 rings (SSSR count). The van der Waals surface area contributed by atoms with Crippen molar-refractivity contribution in [3.8, 4) is 28.3 Å². The molecule has 0 spiro atoms. The number of unbranched alkanes of at least 4 members (excludes halogenated alkanes) is 3. The van der Waals surface area contributed by atoms with Gasteiger partial charge in [0.15, 0.2) is 5.57 Å². The van der Waals surface area contributed by atoms with E-state index in [0.717, 1.165) is 58.4 Å². The summed E-state index contributed by atoms with van der Waals surface area (Å²) in [5.74, 6) is -1.19. The van der Waals surface area contributed by atoms with Crippen molar-refractivity contribution < 1.29 is 9.90 Å². The summed E-state index contributed by atoms with van der Waals surface area (Å²) in [4.78, 5) is 14.3. The molecule has 55 heavy (non-hydrogen) atoms. The second-order valence-corrected chi connectivity index (χ2v) is 17.1. The lowest BCUT2D eigenvalue weighted by Gasteiger charge is -2.29. The molecule has 0 saturated carbocycles. The van der Waals surface area contributed by atoms with Crippen LogP contribution in [0.2, 0.25) is 0 Å². The van der Waals surface area contributed by atoms with E-state index in [1.165, 1.54) is 62.3 Å². The Morgan fingerprint density at radius 1 is 0.691 bits per heavy atom. The molecule has 4 nitrogen and oxygen atoms in total. The smallest absolute Gasteiger partial charge is 0.347 e. The number of carbonyl (C=O) groups is 1. The number of hydrogen-bond donors (Lipinski definition) is 1. The van der Waals surface area contributed by atoms with Gasteiger partial charge in [0.1, 0.15) is 6.07 Å². The third-order valence-electron chi connectivity index (χ3n) is 11.8. The van der Waals surface area contributed by atoms with Gasteiger partial charge in [-0.05, 0) is 117 Å². The molecule has 0 aliphatic heterocycles. The van der Waals surface area contributed by atoms with Crippen molar-refractivity contribution in [2.24, 2.45) is 0 Å². The fourth-order valence-corrected chi connectivity index (χ4v) is 9.98. The summed E-state index contributed by atoms with van der Waals surface area (Å²) in [5.41, 5.74) is 15.5. The number of rotatable bonds is 10. The first-order chi connectivity index (χ1) is 26.5. The Kier molecular flexibility index (Phi) is 9.35. The highest BCUT2D eigenvalue weighted by molar-refractivity contribution is 7.08. The third-order valence-corrected chi connectivity index (χ3v) is 13.0. The minimum Gasteiger partial charge on any atom is -0.477 e. The zero-order valence-electron chi connectivity index (χ0n) is 32.2.